The van der Waals surface area contributed by atoms with E-state index >= 15 is 0 Å². The normalized spacial score (nSPS) is 10.9. The number of nitro groups is 2. The van der Waals surface area contributed by atoms with Gasteiger partial charge in [-0.05, 0) is 12.1 Å². The number of rotatable bonds is 3. The fourth-order valence-electron chi connectivity index (χ4n) is 0.928. The van der Waals surface area contributed by atoms with Gasteiger partial charge in [0.15, 0.2) is 0 Å². The third kappa shape index (κ3) is 1.51. The van der Waals surface area contributed by atoms with Crippen LogP contribution in [0.15, 0.2) is 30.3 Å². The van der Waals surface area contributed by atoms with E-state index in [9.17, 15) is 20.2 Å². The first-order valence-corrected chi connectivity index (χ1v) is 3.91. The SMILES string of the molecule is O=[N+]([O-])C(Cl)(c1ccccc1)[N+](=O)[O-]. The van der Waals surface area contributed by atoms with Gasteiger partial charge in [0.05, 0.1) is 11.6 Å². The molecular weight excluding hydrogens is 212 g/mol. The molecule has 0 aliphatic rings. The molecule has 0 radical (unpaired) electrons. The van der Waals surface area contributed by atoms with Crippen LogP contribution in [0.3, 0.4) is 0 Å². The molecule has 0 bridgehead atoms. The molecule has 0 heterocycles. The van der Waals surface area contributed by atoms with Gasteiger partial charge < -0.3 is 0 Å². The summed E-state index contributed by atoms with van der Waals surface area (Å²) in [5.74, 6) is 0. The van der Waals surface area contributed by atoms with Crippen LogP contribution >= 0.6 is 11.6 Å². The summed E-state index contributed by atoms with van der Waals surface area (Å²) in [7, 11) is 0. The van der Waals surface area contributed by atoms with Crippen LogP contribution < -0.4 is 0 Å². The van der Waals surface area contributed by atoms with Crippen LogP contribution in [0.4, 0.5) is 0 Å². The largest absolute Gasteiger partial charge is 0.564 e. The van der Waals surface area contributed by atoms with E-state index in [0.29, 0.717) is 0 Å². The van der Waals surface area contributed by atoms with E-state index in [1.165, 1.54) is 24.3 Å². The van der Waals surface area contributed by atoms with Crippen LogP contribution in [0, 0.1) is 20.2 Å². The molecule has 7 heteroatoms. The zero-order chi connectivity index (χ0) is 10.8. The minimum atomic E-state index is -2.79. The smallest absolute Gasteiger partial charge is 0.257 e. The number of alkyl halides is 1. The zero-order valence-corrected chi connectivity index (χ0v) is 7.55. The fourth-order valence-corrected chi connectivity index (χ4v) is 1.05. The second-order valence-electron chi connectivity index (χ2n) is 2.47. The Morgan fingerprint density at radius 3 is 1.86 bits per heavy atom. The van der Waals surface area contributed by atoms with Crippen molar-refractivity contribution in [2.24, 2.45) is 0 Å². The van der Waals surface area contributed by atoms with Crippen LogP contribution in [0.5, 0.6) is 0 Å². The van der Waals surface area contributed by atoms with E-state index in [1.807, 2.05) is 0 Å². The number of nitrogens with zero attached hydrogens (tertiary/aromatic N) is 2. The maximum absolute atomic E-state index is 10.5. The molecule has 0 saturated heterocycles. The molecule has 0 unspecified atom stereocenters. The minimum Gasteiger partial charge on any atom is -0.257 e. The quantitative estimate of drug-likeness (QED) is 0.252. The Bertz CT molecular complexity index is 353. The van der Waals surface area contributed by atoms with Gasteiger partial charge >= 0.3 is 5.12 Å². The van der Waals surface area contributed by atoms with Crippen LogP contribution in [0.2, 0.25) is 0 Å². The maximum Gasteiger partial charge on any atom is 0.564 e. The third-order valence-corrected chi connectivity index (χ3v) is 2.12. The molecule has 0 fully saturated rings. The summed E-state index contributed by atoms with van der Waals surface area (Å²) < 4.78 is 0. The fraction of sp³-hybridized carbons (Fsp3) is 0.143. The molecule has 0 saturated carbocycles. The molecule has 74 valence electrons. The van der Waals surface area contributed by atoms with Gasteiger partial charge in [0.1, 0.15) is 15.4 Å². The topological polar surface area (TPSA) is 86.3 Å². The second-order valence-corrected chi connectivity index (χ2v) is 2.99. The van der Waals surface area contributed by atoms with Crippen molar-refractivity contribution < 1.29 is 9.85 Å². The maximum atomic E-state index is 10.5. The molecule has 0 spiro atoms. The van der Waals surface area contributed by atoms with Crippen molar-refractivity contribution in [3.05, 3.63) is 56.1 Å². The van der Waals surface area contributed by atoms with Gasteiger partial charge in [0, 0.05) is 0 Å². The Kier molecular flexibility index (Phi) is 2.66. The molecule has 0 N–H and O–H groups in total. The van der Waals surface area contributed by atoms with Crippen LogP contribution in [-0.2, 0) is 5.12 Å². The number of hydrogen-bond acceptors (Lipinski definition) is 4. The van der Waals surface area contributed by atoms with E-state index in [4.69, 9.17) is 11.6 Å². The third-order valence-electron chi connectivity index (χ3n) is 1.62. The van der Waals surface area contributed by atoms with Gasteiger partial charge in [0.25, 0.3) is 0 Å². The molecule has 1 rings (SSSR count). The number of halogens is 1. The summed E-state index contributed by atoms with van der Waals surface area (Å²) in [5, 5.41) is 18.2. The molecule has 0 amide bonds. The number of benzene rings is 1. The van der Waals surface area contributed by atoms with Gasteiger partial charge in [0.2, 0.25) is 0 Å². The highest BCUT2D eigenvalue weighted by Crippen LogP contribution is 2.29. The van der Waals surface area contributed by atoms with Gasteiger partial charge in [-0.25, -0.2) is 0 Å². The van der Waals surface area contributed by atoms with E-state index in [-0.39, 0.29) is 5.56 Å². The lowest BCUT2D eigenvalue weighted by atomic mass is 10.2. The average Bonchev–Trinajstić information content (AvgIpc) is 2.17. The second kappa shape index (κ2) is 3.59. The lowest BCUT2D eigenvalue weighted by molar-refractivity contribution is -0.778. The predicted octanol–water partition coefficient (Wildman–Crippen LogP) is 1.59. The van der Waals surface area contributed by atoms with Crippen molar-refractivity contribution >= 4 is 11.6 Å². The van der Waals surface area contributed by atoms with Crippen molar-refractivity contribution in [1.29, 1.82) is 0 Å². The van der Waals surface area contributed by atoms with Crippen molar-refractivity contribution in [3.63, 3.8) is 0 Å². The minimum absolute atomic E-state index is 0.170. The monoisotopic (exact) mass is 216 g/mol. The van der Waals surface area contributed by atoms with Crippen LogP contribution in [0.1, 0.15) is 5.56 Å². The summed E-state index contributed by atoms with van der Waals surface area (Å²) in [6, 6.07) is 6.94. The summed E-state index contributed by atoms with van der Waals surface area (Å²) in [5.41, 5.74) is -0.170. The first-order chi connectivity index (χ1) is 6.49. The summed E-state index contributed by atoms with van der Waals surface area (Å²) in [6.07, 6.45) is 0. The van der Waals surface area contributed by atoms with Crippen molar-refractivity contribution in [2.45, 2.75) is 5.12 Å². The van der Waals surface area contributed by atoms with Gasteiger partial charge in [-0.15, -0.1) is 0 Å². The van der Waals surface area contributed by atoms with Crippen LogP contribution in [-0.4, -0.2) is 9.85 Å². The first kappa shape index (κ1) is 10.4. The number of hydrogen-bond donors (Lipinski definition) is 0. The van der Waals surface area contributed by atoms with E-state index in [1.54, 1.807) is 6.07 Å². The Balaban J connectivity index is 3.27. The molecule has 0 aliphatic heterocycles. The van der Waals surface area contributed by atoms with E-state index < -0.39 is 15.0 Å². The van der Waals surface area contributed by atoms with Crippen molar-refractivity contribution in [1.82, 2.24) is 0 Å². The van der Waals surface area contributed by atoms with Crippen molar-refractivity contribution in [3.8, 4) is 0 Å². The lowest BCUT2D eigenvalue weighted by Crippen LogP contribution is -2.37. The average molecular weight is 217 g/mol. The Morgan fingerprint density at radius 1 is 1.07 bits per heavy atom. The van der Waals surface area contributed by atoms with E-state index in [0.717, 1.165) is 0 Å². The highest BCUT2D eigenvalue weighted by Gasteiger charge is 2.56. The molecule has 6 nitrogen and oxygen atoms in total. The summed E-state index contributed by atoms with van der Waals surface area (Å²) in [4.78, 5) is 18.7. The summed E-state index contributed by atoms with van der Waals surface area (Å²) >= 11 is 5.34. The molecule has 1 aromatic carbocycles. The molecular formula is C7H5ClN2O4. The van der Waals surface area contributed by atoms with Gasteiger partial charge in [-0.1, -0.05) is 18.2 Å². The predicted molar refractivity (Wildman–Crippen MR) is 48.0 cm³/mol. The van der Waals surface area contributed by atoms with E-state index in [2.05, 4.69) is 0 Å². The Hall–Kier alpha value is -1.69. The standard InChI is InChI=1S/C7H5ClN2O4/c8-7(9(11)12,10(13)14)6-4-2-1-3-5-6/h1-5H. The molecule has 0 atom stereocenters. The molecule has 0 aromatic heterocycles. The van der Waals surface area contributed by atoms with Crippen LogP contribution in [0.25, 0.3) is 0 Å². The molecule has 1 aromatic rings. The Labute approximate surface area is 83.4 Å². The molecule has 14 heavy (non-hydrogen) atoms. The zero-order valence-electron chi connectivity index (χ0n) is 6.79. The van der Waals surface area contributed by atoms with Gasteiger partial charge in [-0.3, -0.25) is 20.2 Å². The highest BCUT2D eigenvalue weighted by atomic mass is 35.5. The molecule has 0 aliphatic carbocycles. The Morgan fingerprint density at radius 2 is 1.50 bits per heavy atom. The summed E-state index contributed by atoms with van der Waals surface area (Å²) in [6.45, 7) is 0. The highest BCUT2D eigenvalue weighted by molar-refractivity contribution is 6.21. The first-order valence-electron chi connectivity index (χ1n) is 3.53. The van der Waals surface area contributed by atoms with Gasteiger partial charge in [-0.2, -0.15) is 0 Å². The lowest BCUT2D eigenvalue weighted by Gasteiger charge is -2.08. The van der Waals surface area contributed by atoms with Crippen molar-refractivity contribution in [2.75, 3.05) is 0 Å².